The van der Waals surface area contributed by atoms with Crippen molar-refractivity contribution in [1.82, 2.24) is 0 Å². The van der Waals surface area contributed by atoms with E-state index >= 15 is 0 Å². The Bertz CT molecular complexity index is 802. The summed E-state index contributed by atoms with van der Waals surface area (Å²) >= 11 is 0. The van der Waals surface area contributed by atoms with E-state index in [2.05, 4.69) is 15.2 Å². The van der Waals surface area contributed by atoms with Gasteiger partial charge in [0, 0.05) is 18.0 Å². The number of fused-ring (bicyclic) bond motifs is 1. The van der Waals surface area contributed by atoms with Gasteiger partial charge in [0.15, 0.2) is 0 Å². The van der Waals surface area contributed by atoms with Crippen molar-refractivity contribution in [3.63, 3.8) is 0 Å². The number of ether oxygens (including phenoxy) is 2. The Morgan fingerprint density at radius 1 is 1.00 bits per heavy atom. The summed E-state index contributed by atoms with van der Waals surface area (Å²) in [5, 5.41) is 16.7. The molecule has 0 amide bonds. The van der Waals surface area contributed by atoms with Crippen molar-refractivity contribution in [2.24, 2.45) is 15.2 Å². The van der Waals surface area contributed by atoms with Gasteiger partial charge in [-0.15, -0.1) is 0 Å². The highest BCUT2D eigenvalue weighted by atomic mass is 16.5. The average Bonchev–Trinajstić information content (AvgIpc) is 2.61. The van der Waals surface area contributed by atoms with Gasteiger partial charge in [-0.2, -0.15) is 10.2 Å². The molecule has 1 aromatic rings. The maximum absolute atomic E-state index is 11.4. The number of rotatable bonds is 1. The molecule has 2 rings (SSSR count). The van der Waals surface area contributed by atoms with Crippen LogP contribution in [0.3, 0.4) is 0 Å². The molecule has 0 saturated heterocycles. The monoisotopic (exact) mass is 337 g/mol. The van der Waals surface area contributed by atoms with Gasteiger partial charge in [0.05, 0.1) is 24.3 Å². The lowest BCUT2D eigenvalue weighted by Gasteiger charge is -2.05. The molecule has 1 heterocycles. The van der Waals surface area contributed by atoms with Crippen LogP contribution in [0.2, 0.25) is 0 Å². The van der Waals surface area contributed by atoms with Crippen LogP contribution in [0.25, 0.3) is 6.08 Å². The van der Waals surface area contributed by atoms with Gasteiger partial charge in [0.2, 0.25) is 0 Å². The highest BCUT2D eigenvalue weighted by Gasteiger charge is 2.07. The highest BCUT2D eigenvalue weighted by molar-refractivity contribution is 6.16. The third kappa shape index (κ3) is 6.49. The molecule has 1 aliphatic rings. The predicted octanol–water partition coefficient (Wildman–Crippen LogP) is 3.19. The minimum Gasteiger partial charge on any atom is -0.478 e. The van der Waals surface area contributed by atoms with Crippen LogP contribution < -0.4 is 4.74 Å². The Morgan fingerprint density at radius 2 is 1.88 bits per heavy atom. The van der Waals surface area contributed by atoms with Crippen molar-refractivity contribution < 1.29 is 19.4 Å². The summed E-state index contributed by atoms with van der Waals surface area (Å²) in [4.78, 5) is 15.3. The molecule has 0 aliphatic carbocycles. The van der Waals surface area contributed by atoms with Gasteiger partial charge in [-0.25, -0.2) is 4.79 Å². The van der Waals surface area contributed by atoms with Gasteiger partial charge in [-0.05, 0) is 24.3 Å². The fourth-order valence-corrected chi connectivity index (χ4v) is 1.65. The zero-order valence-electron chi connectivity index (χ0n) is 13.1. The molecule has 0 bridgehead atoms. The first-order valence-corrected chi connectivity index (χ1v) is 7.18. The first-order valence-electron chi connectivity index (χ1n) is 7.18. The molecule has 1 aromatic carbocycles. The van der Waals surface area contributed by atoms with E-state index in [0.29, 0.717) is 11.3 Å². The summed E-state index contributed by atoms with van der Waals surface area (Å²) in [6.45, 7) is 0. The maximum Gasteiger partial charge on any atom is 0.337 e. The molecule has 0 unspecified atom stereocenters. The van der Waals surface area contributed by atoms with Crippen molar-refractivity contribution in [2.45, 2.75) is 0 Å². The number of carboxylic acids is 1. The zero-order valence-corrected chi connectivity index (χ0v) is 13.1. The van der Waals surface area contributed by atoms with Crippen molar-refractivity contribution in [3.8, 4) is 5.75 Å². The fourth-order valence-electron chi connectivity index (χ4n) is 1.65. The van der Waals surface area contributed by atoms with Crippen LogP contribution in [0, 0.1) is 0 Å². The molecule has 25 heavy (non-hydrogen) atoms. The predicted molar refractivity (Wildman–Crippen MR) is 96.7 cm³/mol. The highest BCUT2D eigenvalue weighted by Crippen LogP contribution is 2.21. The SMILES string of the molecule is O=C(O)C1=C\c2ccccc2O/C=C\O\C=C/C=C\N=C/C=N\N=C/1. The van der Waals surface area contributed by atoms with E-state index in [0.717, 1.165) is 6.21 Å². The van der Waals surface area contributed by atoms with Gasteiger partial charge in [-0.1, -0.05) is 18.2 Å². The first-order chi connectivity index (χ1) is 12.3. The van der Waals surface area contributed by atoms with Crippen LogP contribution >= 0.6 is 0 Å². The Morgan fingerprint density at radius 3 is 2.76 bits per heavy atom. The van der Waals surface area contributed by atoms with Gasteiger partial charge in [0.1, 0.15) is 18.3 Å². The molecule has 0 spiro atoms. The molecule has 7 nitrogen and oxygen atoms in total. The topological polar surface area (TPSA) is 92.8 Å². The van der Waals surface area contributed by atoms with Gasteiger partial charge >= 0.3 is 5.97 Å². The number of aliphatic imine (C=N–C) groups is 1. The number of carboxylic acid groups (broad SMARTS) is 1. The van der Waals surface area contributed by atoms with Crippen LogP contribution in [0.5, 0.6) is 5.75 Å². The van der Waals surface area contributed by atoms with Crippen LogP contribution in [0.4, 0.5) is 0 Å². The smallest absolute Gasteiger partial charge is 0.337 e. The summed E-state index contributed by atoms with van der Waals surface area (Å²) in [5.74, 6) is -0.668. The molecule has 126 valence electrons. The maximum atomic E-state index is 11.4. The Labute approximate surface area is 144 Å². The van der Waals surface area contributed by atoms with Crippen molar-refractivity contribution in [3.05, 3.63) is 72.5 Å². The number of hydrogen-bond donors (Lipinski definition) is 1. The molecule has 0 fully saturated rings. The fraction of sp³-hybridized carbons (Fsp3) is 0. The quantitative estimate of drug-likeness (QED) is 0.851. The lowest BCUT2D eigenvalue weighted by molar-refractivity contribution is -0.131. The lowest BCUT2D eigenvalue weighted by atomic mass is 10.1. The summed E-state index contributed by atoms with van der Waals surface area (Å²) in [6, 6.07) is 6.97. The van der Waals surface area contributed by atoms with E-state index in [1.807, 2.05) is 0 Å². The number of benzene rings is 1. The molecule has 0 atom stereocenters. The lowest BCUT2D eigenvalue weighted by Crippen LogP contribution is -2.01. The van der Waals surface area contributed by atoms with Gasteiger partial charge < -0.3 is 14.6 Å². The second kappa shape index (κ2) is 10.1. The van der Waals surface area contributed by atoms with Crippen LogP contribution in [-0.2, 0) is 9.53 Å². The summed E-state index contributed by atoms with van der Waals surface area (Å²) in [6.07, 6.45) is 14.3. The standard InChI is InChI=1S/C18H15N3O4/c22-18(23)16-13-15-5-1-2-6-17(15)25-12-11-24-10-4-3-7-19-8-9-20-21-14-16/h1-14H,(H,22,23)/b7-3-,10-4-,12-11-,16-13+,19-8-,20-9-,21-14-. The summed E-state index contributed by atoms with van der Waals surface area (Å²) < 4.78 is 10.6. The Balaban J connectivity index is 2.35. The van der Waals surface area contributed by atoms with Gasteiger partial charge in [0.25, 0.3) is 0 Å². The molecule has 1 N–H and O–H groups in total. The first kappa shape index (κ1) is 17.6. The third-order valence-electron chi connectivity index (χ3n) is 2.73. The van der Waals surface area contributed by atoms with Gasteiger partial charge in [-0.3, -0.25) is 4.99 Å². The molecule has 0 aromatic heterocycles. The molecule has 7 heteroatoms. The second-order valence-electron chi connectivity index (χ2n) is 4.45. The van der Waals surface area contributed by atoms with E-state index in [1.54, 1.807) is 36.4 Å². The largest absolute Gasteiger partial charge is 0.478 e. The normalized spacial score (nSPS) is 24.4. The van der Waals surface area contributed by atoms with Crippen molar-refractivity contribution in [2.75, 3.05) is 0 Å². The van der Waals surface area contributed by atoms with Crippen LogP contribution in [0.1, 0.15) is 5.56 Å². The minimum absolute atomic E-state index is 0.0469. The molecule has 0 saturated carbocycles. The van der Waals surface area contributed by atoms with E-state index in [9.17, 15) is 9.90 Å². The second-order valence-corrected chi connectivity index (χ2v) is 4.45. The number of hydrogen-bond acceptors (Lipinski definition) is 6. The minimum atomic E-state index is -1.14. The van der Waals surface area contributed by atoms with E-state index in [1.165, 1.54) is 43.5 Å². The zero-order chi connectivity index (χ0) is 17.7. The van der Waals surface area contributed by atoms with E-state index in [-0.39, 0.29) is 5.57 Å². The van der Waals surface area contributed by atoms with Crippen LogP contribution in [0.15, 0.2) is 82.2 Å². The van der Waals surface area contributed by atoms with Crippen LogP contribution in [-0.4, -0.2) is 29.7 Å². The van der Waals surface area contributed by atoms with Crippen molar-refractivity contribution in [1.29, 1.82) is 0 Å². The Hall–Kier alpha value is -3.74. The molecular weight excluding hydrogens is 322 g/mol. The third-order valence-corrected chi connectivity index (χ3v) is 2.73. The average molecular weight is 337 g/mol. The van der Waals surface area contributed by atoms with Crippen molar-refractivity contribution >= 4 is 30.7 Å². The molecule has 1 aliphatic heterocycles. The van der Waals surface area contributed by atoms with E-state index < -0.39 is 5.97 Å². The Kier molecular flexibility index (Phi) is 7.12. The van der Waals surface area contributed by atoms with E-state index in [4.69, 9.17) is 9.47 Å². The summed E-state index contributed by atoms with van der Waals surface area (Å²) in [5.41, 5.74) is 0.524. The molecular formula is C18H15N3O4. The number of aliphatic carboxylic acids is 1. The number of allylic oxidation sites excluding steroid dienone is 2. The molecule has 0 radical (unpaired) electrons. The number of para-hydroxylation sites is 1. The summed E-state index contributed by atoms with van der Waals surface area (Å²) in [7, 11) is 0. The number of nitrogens with zero attached hydrogens (tertiary/aromatic N) is 3. The number of carbonyl (C=O) groups is 1.